The third-order valence-corrected chi connectivity index (χ3v) is 6.87. The maximum atomic E-state index is 12.5. The van der Waals surface area contributed by atoms with Crippen molar-refractivity contribution in [3.63, 3.8) is 0 Å². The number of hydrogen-bond donors (Lipinski definition) is 1. The summed E-state index contributed by atoms with van der Waals surface area (Å²) in [6, 6.07) is 12.0. The van der Waals surface area contributed by atoms with Gasteiger partial charge in [-0.3, -0.25) is 9.36 Å². The minimum atomic E-state index is -0.143. The van der Waals surface area contributed by atoms with Crippen molar-refractivity contribution in [2.45, 2.75) is 31.3 Å². The Balaban J connectivity index is 1.44. The Morgan fingerprint density at radius 3 is 3.04 bits per heavy atom. The molecule has 0 fully saturated rings. The summed E-state index contributed by atoms with van der Waals surface area (Å²) in [6.45, 7) is 2.23. The number of carbonyl (C=O) groups is 1. The first-order chi connectivity index (χ1) is 13.7. The molecule has 1 atom stereocenters. The lowest BCUT2D eigenvalue weighted by molar-refractivity contribution is -0.113. The molecule has 0 aliphatic heterocycles. The van der Waals surface area contributed by atoms with Gasteiger partial charge in [-0.15, -0.1) is 21.5 Å². The quantitative estimate of drug-likeness (QED) is 0.643. The zero-order valence-electron chi connectivity index (χ0n) is 15.4. The van der Waals surface area contributed by atoms with Gasteiger partial charge >= 0.3 is 0 Å². The maximum absolute atomic E-state index is 12.5. The predicted molar refractivity (Wildman–Crippen MR) is 111 cm³/mol. The van der Waals surface area contributed by atoms with Crippen molar-refractivity contribution in [2.75, 3.05) is 11.1 Å². The number of para-hydroxylation sites is 1. The van der Waals surface area contributed by atoms with Crippen molar-refractivity contribution in [3.8, 4) is 11.8 Å². The van der Waals surface area contributed by atoms with Crippen LogP contribution in [0.2, 0.25) is 0 Å². The molecular weight excluding hydrogens is 390 g/mol. The van der Waals surface area contributed by atoms with Crippen LogP contribution in [0.4, 0.5) is 5.00 Å². The fraction of sp³-hybridized carbons (Fsp3) is 0.300. The number of thiophene rings is 1. The summed E-state index contributed by atoms with van der Waals surface area (Å²) in [5.74, 6) is 0.687. The van der Waals surface area contributed by atoms with E-state index in [1.165, 1.54) is 16.6 Å². The molecule has 4 rings (SSSR count). The van der Waals surface area contributed by atoms with Gasteiger partial charge in [-0.05, 0) is 42.9 Å². The molecule has 8 heteroatoms. The monoisotopic (exact) mass is 409 g/mol. The van der Waals surface area contributed by atoms with Crippen molar-refractivity contribution >= 4 is 34.0 Å². The van der Waals surface area contributed by atoms with Crippen LogP contribution in [0.15, 0.2) is 41.8 Å². The molecule has 2 heterocycles. The smallest absolute Gasteiger partial charge is 0.235 e. The molecule has 0 saturated heterocycles. The lowest BCUT2D eigenvalue weighted by atomic mass is 9.89. The Hall–Kier alpha value is -2.63. The highest BCUT2D eigenvalue weighted by atomic mass is 32.2. The van der Waals surface area contributed by atoms with Crippen molar-refractivity contribution in [3.05, 3.63) is 52.7 Å². The molecule has 0 spiro atoms. The van der Waals surface area contributed by atoms with Crippen molar-refractivity contribution in [1.29, 1.82) is 5.26 Å². The molecule has 142 valence electrons. The van der Waals surface area contributed by atoms with E-state index < -0.39 is 0 Å². The van der Waals surface area contributed by atoms with Crippen LogP contribution in [-0.2, 0) is 17.6 Å². The number of thioether (sulfide) groups is 1. The molecular formula is C20H19N5OS2. The van der Waals surface area contributed by atoms with Gasteiger partial charge in [0.2, 0.25) is 5.91 Å². The number of nitrogens with zero attached hydrogens (tertiary/aromatic N) is 4. The second kappa shape index (κ2) is 8.17. The molecule has 0 bridgehead atoms. The van der Waals surface area contributed by atoms with Gasteiger partial charge in [0, 0.05) is 10.6 Å². The topological polar surface area (TPSA) is 83.6 Å². The number of anilines is 1. The summed E-state index contributed by atoms with van der Waals surface area (Å²) in [6.07, 6.45) is 4.63. The number of amides is 1. The first-order valence-electron chi connectivity index (χ1n) is 9.08. The first-order valence-corrected chi connectivity index (χ1v) is 10.9. The van der Waals surface area contributed by atoms with Crippen LogP contribution in [0.1, 0.15) is 29.3 Å². The van der Waals surface area contributed by atoms with Crippen LogP contribution >= 0.6 is 23.1 Å². The Kier molecular flexibility index (Phi) is 5.46. The molecule has 1 unspecified atom stereocenters. The van der Waals surface area contributed by atoms with E-state index in [0.29, 0.717) is 21.6 Å². The SMILES string of the molecule is CC1CCc2c(sc(NC(=O)CSc3nncn3-c3ccccc3)c2C#N)C1. The number of rotatable bonds is 5. The number of nitriles is 1. The molecule has 1 amide bonds. The molecule has 0 saturated carbocycles. The molecule has 28 heavy (non-hydrogen) atoms. The normalized spacial score (nSPS) is 15.6. The highest BCUT2D eigenvalue weighted by Gasteiger charge is 2.24. The van der Waals surface area contributed by atoms with E-state index in [-0.39, 0.29) is 11.7 Å². The minimum Gasteiger partial charge on any atom is -0.316 e. The molecule has 3 aromatic rings. The van der Waals surface area contributed by atoms with Gasteiger partial charge < -0.3 is 5.32 Å². The highest BCUT2D eigenvalue weighted by molar-refractivity contribution is 7.99. The average molecular weight is 410 g/mol. The van der Waals surface area contributed by atoms with Crippen LogP contribution in [0.5, 0.6) is 0 Å². The summed E-state index contributed by atoms with van der Waals surface area (Å²) < 4.78 is 1.85. The van der Waals surface area contributed by atoms with Crippen LogP contribution in [0, 0.1) is 17.2 Å². The lowest BCUT2D eigenvalue weighted by Gasteiger charge is -2.17. The Labute approximate surface area is 171 Å². The third kappa shape index (κ3) is 3.81. The van der Waals surface area contributed by atoms with E-state index in [9.17, 15) is 10.1 Å². The van der Waals surface area contributed by atoms with Gasteiger partial charge in [0.15, 0.2) is 5.16 Å². The van der Waals surface area contributed by atoms with E-state index in [1.807, 2.05) is 34.9 Å². The molecule has 6 nitrogen and oxygen atoms in total. The van der Waals surface area contributed by atoms with Gasteiger partial charge in [-0.1, -0.05) is 36.9 Å². The number of fused-ring (bicyclic) bond motifs is 1. The molecule has 1 N–H and O–H groups in total. The minimum absolute atomic E-state index is 0.143. The van der Waals surface area contributed by atoms with Crippen LogP contribution in [-0.4, -0.2) is 26.4 Å². The van der Waals surface area contributed by atoms with Crippen LogP contribution in [0.3, 0.4) is 0 Å². The standard InChI is InChI=1S/C20H19N5OS2/c1-13-7-8-15-16(10-21)19(28-17(15)9-13)23-18(26)11-27-20-24-22-12-25(20)14-5-3-2-4-6-14/h2-6,12-13H,7-9,11H2,1H3,(H,23,26). The molecule has 0 radical (unpaired) electrons. The Morgan fingerprint density at radius 2 is 2.25 bits per heavy atom. The number of nitrogens with one attached hydrogen (secondary N) is 1. The fourth-order valence-corrected chi connectivity index (χ4v) is 5.44. The molecule has 2 aromatic heterocycles. The Bertz CT molecular complexity index is 1030. The average Bonchev–Trinajstić information content (AvgIpc) is 3.30. The van der Waals surface area contributed by atoms with Gasteiger partial charge in [0.25, 0.3) is 0 Å². The van der Waals surface area contributed by atoms with Crippen LogP contribution in [0.25, 0.3) is 5.69 Å². The van der Waals surface area contributed by atoms with E-state index in [4.69, 9.17) is 0 Å². The van der Waals surface area contributed by atoms with E-state index in [1.54, 1.807) is 17.7 Å². The van der Waals surface area contributed by atoms with Crippen molar-refractivity contribution < 1.29 is 4.79 Å². The summed E-state index contributed by atoms with van der Waals surface area (Å²) in [4.78, 5) is 13.7. The molecule has 1 aliphatic rings. The zero-order valence-corrected chi connectivity index (χ0v) is 17.0. The highest BCUT2D eigenvalue weighted by Crippen LogP contribution is 2.39. The second-order valence-electron chi connectivity index (χ2n) is 6.82. The predicted octanol–water partition coefficient (Wildman–Crippen LogP) is 4.06. The van der Waals surface area contributed by atoms with Crippen molar-refractivity contribution in [2.24, 2.45) is 5.92 Å². The number of hydrogen-bond acceptors (Lipinski definition) is 6. The lowest BCUT2D eigenvalue weighted by Crippen LogP contribution is -2.14. The molecule has 1 aromatic carbocycles. The zero-order chi connectivity index (χ0) is 19.5. The van der Waals surface area contributed by atoms with E-state index in [0.717, 1.165) is 30.5 Å². The fourth-order valence-electron chi connectivity index (χ4n) is 3.34. The Morgan fingerprint density at radius 1 is 1.43 bits per heavy atom. The van der Waals surface area contributed by atoms with Crippen molar-refractivity contribution in [1.82, 2.24) is 14.8 Å². The summed E-state index contributed by atoms with van der Waals surface area (Å²) >= 11 is 2.87. The number of aromatic nitrogens is 3. The summed E-state index contributed by atoms with van der Waals surface area (Å²) in [7, 11) is 0. The van der Waals surface area contributed by atoms with Gasteiger partial charge in [-0.2, -0.15) is 5.26 Å². The van der Waals surface area contributed by atoms with E-state index in [2.05, 4.69) is 28.5 Å². The number of benzene rings is 1. The van der Waals surface area contributed by atoms with Gasteiger partial charge in [-0.25, -0.2) is 0 Å². The van der Waals surface area contributed by atoms with E-state index >= 15 is 0 Å². The first kappa shape index (κ1) is 18.7. The maximum Gasteiger partial charge on any atom is 0.235 e. The summed E-state index contributed by atoms with van der Waals surface area (Å²) in [5, 5.41) is 21.9. The molecule has 1 aliphatic carbocycles. The number of carbonyl (C=O) groups excluding carboxylic acids is 1. The van der Waals surface area contributed by atoms with Gasteiger partial charge in [0.1, 0.15) is 17.4 Å². The summed E-state index contributed by atoms with van der Waals surface area (Å²) in [5.41, 5.74) is 2.71. The van der Waals surface area contributed by atoms with Crippen LogP contribution < -0.4 is 5.32 Å². The second-order valence-corrected chi connectivity index (χ2v) is 8.87. The third-order valence-electron chi connectivity index (χ3n) is 4.76. The largest absolute Gasteiger partial charge is 0.316 e. The van der Waals surface area contributed by atoms with Gasteiger partial charge in [0.05, 0.1) is 11.3 Å².